The maximum Gasteiger partial charge on any atom is 0.293 e. The van der Waals surface area contributed by atoms with Gasteiger partial charge in [0.25, 0.3) is 21.6 Å². The molecule has 2 aromatic heterocycles. The van der Waals surface area contributed by atoms with Crippen LogP contribution < -0.4 is 24.4 Å². The molecule has 4 aliphatic rings. The molecule has 10 rings (SSSR count). The Labute approximate surface area is 448 Å². The summed E-state index contributed by atoms with van der Waals surface area (Å²) in [4.78, 5) is 39.8. The summed E-state index contributed by atoms with van der Waals surface area (Å²) in [5.41, 5.74) is 3.91. The number of methoxy groups -OCH3 is 1. The van der Waals surface area contributed by atoms with Gasteiger partial charge in [0.05, 0.1) is 33.5 Å². The molecule has 4 heterocycles. The Morgan fingerprint density at radius 2 is 1.71 bits per heavy atom. The summed E-state index contributed by atoms with van der Waals surface area (Å²) in [5, 5.41) is 25.7. The Hall–Kier alpha value is -6.31. The average Bonchev–Trinajstić information content (AvgIpc) is 3.81. The fourth-order valence-corrected chi connectivity index (χ4v) is 13.1. The van der Waals surface area contributed by atoms with E-state index in [4.69, 9.17) is 21.1 Å². The Bertz CT molecular complexity index is 3220. The molecule has 0 radical (unpaired) electrons. The molecule has 4 aromatic carbocycles. The number of rotatable bonds is 16. The quantitative estimate of drug-likeness (QED) is 0.0406. The number of carbonyl (C=O) groups excluding carboxylic acids is 1. The zero-order valence-electron chi connectivity index (χ0n) is 43.4. The van der Waals surface area contributed by atoms with E-state index in [1.807, 2.05) is 12.1 Å². The van der Waals surface area contributed by atoms with Crippen LogP contribution in [0, 0.1) is 27.3 Å². The van der Waals surface area contributed by atoms with Crippen molar-refractivity contribution in [1.82, 2.24) is 24.5 Å². The normalized spacial score (nSPS) is 21.4. The molecule has 4 N–H and O–H groups in total. The lowest BCUT2D eigenvalue weighted by molar-refractivity contribution is -0.384. The van der Waals surface area contributed by atoms with E-state index in [2.05, 4.69) is 85.0 Å². The van der Waals surface area contributed by atoms with Crippen LogP contribution in [0.3, 0.4) is 0 Å². The minimum atomic E-state index is -4.68. The molecule has 1 spiro atoms. The summed E-state index contributed by atoms with van der Waals surface area (Å²) in [7, 11) is -2.99. The molecule has 1 atom stereocenters. The number of hydrogen-bond donors (Lipinski definition) is 4. The van der Waals surface area contributed by atoms with Gasteiger partial charge in [-0.05, 0) is 135 Å². The van der Waals surface area contributed by atoms with Crippen LogP contribution in [0.25, 0.3) is 11.0 Å². The Kier molecular flexibility index (Phi) is 15.1. The van der Waals surface area contributed by atoms with Gasteiger partial charge < -0.3 is 29.8 Å². The van der Waals surface area contributed by atoms with Crippen molar-refractivity contribution >= 4 is 55.6 Å². The van der Waals surface area contributed by atoms with Crippen LogP contribution in [0.4, 0.5) is 21.5 Å². The maximum atomic E-state index is 14.8. The van der Waals surface area contributed by atoms with E-state index in [0.717, 1.165) is 101 Å². The molecule has 16 nitrogen and oxygen atoms in total. The predicted octanol–water partition coefficient (Wildman–Crippen LogP) is 11.0. The molecular formula is C57H66ClFN8O8S. The van der Waals surface area contributed by atoms with Crippen LogP contribution in [-0.4, -0.2) is 102 Å². The first-order valence-electron chi connectivity index (χ1n) is 26.3. The second-order valence-corrected chi connectivity index (χ2v) is 24.0. The van der Waals surface area contributed by atoms with Gasteiger partial charge in [0.1, 0.15) is 28.7 Å². The number of nitrogens with zero attached hydrogens (tertiary/aromatic N) is 5. The van der Waals surface area contributed by atoms with Gasteiger partial charge in [0.15, 0.2) is 10.9 Å². The van der Waals surface area contributed by atoms with Crippen molar-refractivity contribution in [3.8, 4) is 17.2 Å². The summed E-state index contributed by atoms with van der Waals surface area (Å²) < 4.78 is 56.4. The molecule has 2 aliphatic heterocycles. The first kappa shape index (κ1) is 53.1. The summed E-state index contributed by atoms with van der Waals surface area (Å²) >= 11 is 6.57. The van der Waals surface area contributed by atoms with Crippen LogP contribution in [-0.2, 0) is 16.6 Å². The Balaban J connectivity index is 0.847. The molecule has 402 valence electrons. The Morgan fingerprint density at radius 1 is 0.974 bits per heavy atom. The van der Waals surface area contributed by atoms with Crippen molar-refractivity contribution in [2.75, 3.05) is 56.6 Å². The first-order valence-corrected chi connectivity index (χ1v) is 28.1. The van der Waals surface area contributed by atoms with Gasteiger partial charge in [-0.2, -0.15) is 0 Å². The van der Waals surface area contributed by atoms with Crippen LogP contribution >= 0.6 is 11.6 Å². The van der Waals surface area contributed by atoms with Gasteiger partial charge >= 0.3 is 0 Å². The van der Waals surface area contributed by atoms with Crippen molar-refractivity contribution in [3.05, 3.63) is 141 Å². The molecule has 2 saturated heterocycles. The molecule has 19 heteroatoms. The van der Waals surface area contributed by atoms with E-state index >= 15 is 0 Å². The minimum absolute atomic E-state index is 0.0539. The van der Waals surface area contributed by atoms with Gasteiger partial charge in [-0.15, -0.1) is 0 Å². The number of nitrogens with one attached hydrogen (secondary N) is 3. The number of aromatic nitrogens is 2. The van der Waals surface area contributed by atoms with E-state index in [9.17, 15) is 32.8 Å². The van der Waals surface area contributed by atoms with E-state index in [0.29, 0.717) is 31.3 Å². The first-order chi connectivity index (χ1) is 36.4. The monoisotopic (exact) mass is 1080 g/mol. The van der Waals surface area contributed by atoms with Crippen molar-refractivity contribution in [3.63, 3.8) is 0 Å². The number of piperidine rings is 1. The number of halogens is 2. The average molecular weight is 1080 g/mol. The predicted molar refractivity (Wildman–Crippen MR) is 292 cm³/mol. The fourth-order valence-electron chi connectivity index (χ4n) is 12.0. The molecule has 1 amide bonds. The number of anilines is 2. The standard InChI is InChI=1S/C57H66ClFN8O8S/c1-36(2)43-7-5-6-8-44(43)50-35-64(34-38-9-12-41(74-4)13-10-38)25-26-66(50)40-30-57(31-40)21-23-65(24-22-57)39-11-15-45(51(27-39)75-52-29-46-47(59)33-61-54(46)62-53(52)58)55(68)63-76(72,73)42-14-16-48(49(28-42)67(70)71)60-32-37-17-19-56(3,69)20-18-37/h5-16,27-29,33,36-37,40,50,60,69H,17-26,30-32,34-35H2,1-4H3,(H,61,62)(H,63,68)/t37-,50?,56-. The van der Waals surface area contributed by atoms with E-state index < -0.39 is 42.9 Å². The summed E-state index contributed by atoms with van der Waals surface area (Å²) in [6.07, 6.45) is 7.94. The third-order valence-corrected chi connectivity index (χ3v) is 18.1. The van der Waals surface area contributed by atoms with E-state index in [1.165, 1.54) is 41.0 Å². The fraction of sp³-hybridized carbons (Fsp3) is 0.439. The van der Waals surface area contributed by atoms with Gasteiger partial charge in [0, 0.05) is 81.9 Å². The van der Waals surface area contributed by atoms with Crippen molar-refractivity contribution in [2.24, 2.45) is 11.3 Å². The number of aliphatic hydroxyl groups is 1. The van der Waals surface area contributed by atoms with Crippen LogP contribution in [0.15, 0.2) is 102 Å². The van der Waals surface area contributed by atoms with E-state index in [-0.39, 0.29) is 56.3 Å². The molecule has 4 fully saturated rings. The SMILES string of the molecule is COc1ccc(CN2CCN(C3CC4(CCN(c5ccc(C(=O)NS(=O)(=O)c6ccc(NC[C@H]7CC[C@](C)(O)CC7)c([N+](=O)[O-])c6)c(Oc6cc7c(F)c[nH]c7nc6Cl)c5)CC4)C3)C(c3ccccc3C(C)C)C2)cc1. The largest absolute Gasteiger partial charge is 0.497 e. The molecular weight excluding hydrogens is 1010 g/mol. The zero-order valence-corrected chi connectivity index (χ0v) is 44.9. The maximum absolute atomic E-state index is 14.8. The highest BCUT2D eigenvalue weighted by Gasteiger charge is 2.50. The number of nitro benzene ring substituents is 1. The van der Waals surface area contributed by atoms with Crippen molar-refractivity contribution in [2.45, 2.75) is 107 Å². The second kappa shape index (κ2) is 21.6. The number of H-pyrrole nitrogens is 1. The third-order valence-electron chi connectivity index (χ3n) is 16.5. The highest BCUT2D eigenvalue weighted by molar-refractivity contribution is 7.90. The van der Waals surface area contributed by atoms with E-state index in [1.54, 1.807) is 26.2 Å². The lowest BCUT2D eigenvalue weighted by Gasteiger charge is -2.58. The number of nitro groups is 1. The van der Waals surface area contributed by atoms with Gasteiger partial charge in [0.2, 0.25) is 0 Å². The number of ether oxygens (including phenoxy) is 2. The van der Waals surface area contributed by atoms with Gasteiger partial charge in [-0.25, -0.2) is 22.5 Å². The van der Waals surface area contributed by atoms with Gasteiger partial charge in [-0.1, -0.05) is 61.8 Å². The Morgan fingerprint density at radius 3 is 2.42 bits per heavy atom. The second-order valence-electron chi connectivity index (χ2n) is 22.0. The van der Waals surface area contributed by atoms with Crippen LogP contribution in [0.5, 0.6) is 17.2 Å². The third kappa shape index (κ3) is 11.4. The number of piperazine rings is 1. The minimum Gasteiger partial charge on any atom is -0.497 e. The lowest BCUT2D eigenvalue weighted by atomic mass is 9.59. The zero-order chi connectivity index (χ0) is 53.5. The van der Waals surface area contributed by atoms with Gasteiger partial charge in [-0.3, -0.25) is 24.7 Å². The van der Waals surface area contributed by atoms with Crippen molar-refractivity contribution in [1.29, 1.82) is 0 Å². The molecule has 2 saturated carbocycles. The number of pyridine rings is 1. The highest BCUT2D eigenvalue weighted by Crippen LogP contribution is 2.53. The van der Waals surface area contributed by atoms with Crippen LogP contribution in [0.1, 0.15) is 111 Å². The molecule has 6 aromatic rings. The number of hydrogen-bond acceptors (Lipinski definition) is 13. The summed E-state index contributed by atoms with van der Waals surface area (Å²) in [5.74, 6) is -0.356. The number of fused-ring (bicyclic) bond motifs is 1. The van der Waals surface area contributed by atoms with Crippen LogP contribution in [0.2, 0.25) is 5.15 Å². The number of carbonyl (C=O) groups is 1. The number of benzene rings is 4. The number of aromatic amines is 1. The molecule has 1 unspecified atom stereocenters. The smallest absolute Gasteiger partial charge is 0.293 e. The molecule has 2 aliphatic carbocycles. The number of sulfonamides is 1. The number of amides is 1. The lowest BCUT2D eigenvalue weighted by Crippen LogP contribution is -2.60. The molecule has 0 bridgehead atoms. The summed E-state index contributed by atoms with van der Waals surface area (Å²) in [6.45, 7) is 12.0. The highest BCUT2D eigenvalue weighted by atomic mass is 35.5. The molecule has 76 heavy (non-hydrogen) atoms. The topological polar surface area (TPSA) is 196 Å². The van der Waals surface area contributed by atoms with Crippen molar-refractivity contribution < 1.29 is 37.1 Å². The summed E-state index contributed by atoms with van der Waals surface area (Å²) in [6, 6.07) is 27.6.